The minimum Gasteiger partial charge on any atom is -0.480 e. The van der Waals surface area contributed by atoms with Crippen LogP contribution in [0, 0.1) is 0 Å². The molecule has 2 N–H and O–H groups in total. The lowest BCUT2D eigenvalue weighted by Gasteiger charge is -2.29. The van der Waals surface area contributed by atoms with Crippen LogP contribution in [-0.4, -0.2) is 47.2 Å². The van der Waals surface area contributed by atoms with Crippen LogP contribution in [0.5, 0.6) is 0 Å². The first-order valence-electron chi connectivity index (χ1n) is 6.43. The average molecular weight is 226 g/mol. The molecule has 0 amide bonds. The Labute approximate surface area is 97.0 Å². The normalized spacial score (nSPS) is 32.3. The summed E-state index contributed by atoms with van der Waals surface area (Å²) in [6.45, 7) is 3.90. The molecular weight excluding hydrogens is 204 g/mol. The van der Waals surface area contributed by atoms with Gasteiger partial charge in [0.2, 0.25) is 0 Å². The largest absolute Gasteiger partial charge is 0.480 e. The zero-order valence-electron chi connectivity index (χ0n) is 9.98. The number of nitrogens with one attached hydrogen (secondary N) is 1. The molecule has 2 bridgehead atoms. The van der Waals surface area contributed by atoms with E-state index in [-0.39, 0.29) is 6.04 Å². The van der Waals surface area contributed by atoms with E-state index in [9.17, 15) is 9.90 Å². The molecule has 3 unspecified atom stereocenters. The highest BCUT2D eigenvalue weighted by molar-refractivity contribution is 5.73. The van der Waals surface area contributed by atoms with E-state index in [0.717, 1.165) is 32.4 Å². The lowest BCUT2D eigenvalue weighted by molar-refractivity contribution is -0.143. The second-order valence-corrected chi connectivity index (χ2v) is 5.06. The molecule has 0 aromatic heterocycles. The molecule has 0 aromatic carbocycles. The Morgan fingerprint density at radius 2 is 2.19 bits per heavy atom. The fourth-order valence-electron chi connectivity index (χ4n) is 2.99. The van der Waals surface area contributed by atoms with Gasteiger partial charge in [-0.1, -0.05) is 13.3 Å². The zero-order chi connectivity index (χ0) is 11.5. The topological polar surface area (TPSA) is 52.6 Å². The Balaban J connectivity index is 1.99. The molecule has 4 heteroatoms. The van der Waals surface area contributed by atoms with Gasteiger partial charge in [0.25, 0.3) is 0 Å². The average Bonchev–Trinajstić information content (AvgIpc) is 2.56. The molecule has 0 spiro atoms. The molecular formula is C12H22N2O2. The Hall–Kier alpha value is -0.610. The van der Waals surface area contributed by atoms with Crippen molar-refractivity contribution in [1.29, 1.82) is 0 Å². The van der Waals surface area contributed by atoms with Crippen molar-refractivity contribution in [2.45, 2.75) is 57.2 Å². The first-order chi connectivity index (χ1) is 7.70. The number of hydrogen-bond donors (Lipinski definition) is 2. The fraction of sp³-hybridized carbons (Fsp3) is 0.917. The Kier molecular flexibility index (Phi) is 3.82. The lowest BCUT2D eigenvalue weighted by Crippen LogP contribution is -2.45. The van der Waals surface area contributed by atoms with Gasteiger partial charge in [0.05, 0.1) is 0 Å². The molecule has 0 aliphatic carbocycles. The maximum absolute atomic E-state index is 11.2. The predicted octanol–water partition coefficient (Wildman–Crippen LogP) is 1.07. The molecule has 0 radical (unpaired) electrons. The Morgan fingerprint density at radius 3 is 2.88 bits per heavy atom. The van der Waals surface area contributed by atoms with Gasteiger partial charge in [0.15, 0.2) is 0 Å². The molecule has 16 heavy (non-hydrogen) atoms. The van der Waals surface area contributed by atoms with Crippen molar-refractivity contribution < 1.29 is 9.90 Å². The van der Waals surface area contributed by atoms with E-state index in [0.29, 0.717) is 12.1 Å². The molecule has 92 valence electrons. The zero-order valence-corrected chi connectivity index (χ0v) is 9.98. The minimum atomic E-state index is -0.653. The third kappa shape index (κ3) is 2.55. The van der Waals surface area contributed by atoms with Crippen molar-refractivity contribution in [2.75, 3.05) is 13.1 Å². The molecule has 0 aromatic rings. The smallest absolute Gasteiger partial charge is 0.320 e. The van der Waals surface area contributed by atoms with Crippen molar-refractivity contribution in [2.24, 2.45) is 0 Å². The van der Waals surface area contributed by atoms with Gasteiger partial charge in [-0.3, -0.25) is 9.69 Å². The highest BCUT2D eigenvalue weighted by Gasteiger charge is 2.34. The summed E-state index contributed by atoms with van der Waals surface area (Å²) in [5.74, 6) is -0.653. The highest BCUT2D eigenvalue weighted by atomic mass is 16.4. The van der Waals surface area contributed by atoms with Gasteiger partial charge >= 0.3 is 5.97 Å². The summed E-state index contributed by atoms with van der Waals surface area (Å²) in [5, 5.41) is 12.8. The Morgan fingerprint density at radius 1 is 1.44 bits per heavy atom. The van der Waals surface area contributed by atoms with Crippen molar-refractivity contribution in [1.82, 2.24) is 10.2 Å². The Bertz CT molecular complexity index is 257. The molecule has 2 aliphatic rings. The summed E-state index contributed by atoms with van der Waals surface area (Å²) in [4.78, 5) is 13.4. The standard InChI is InChI=1S/C12H22N2O2/c1-2-3-11(12(15)16)14-7-6-9-4-5-10(8-14)13-9/h9-11,13H,2-8H2,1H3,(H,15,16). The summed E-state index contributed by atoms with van der Waals surface area (Å²) in [6, 6.07) is 0.878. The van der Waals surface area contributed by atoms with Crippen LogP contribution in [0.2, 0.25) is 0 Å². The minimum absolute atomic E-state index is 0.272. The van der Waals surface area contributed by atoms with Crippen LogP contribution < -0.4 is 5.32 Å². The molecule has 2 heterocycles. The lowest BCUT2D eigenvalue weighted by atomic mass is 10.0. The number of carbonyl (C=O) groups is 1. The van der Waals surface area contributed by atoms with Gasteiger partial charge in [-0.25, -0.2) is 0 Å². The van der Waals surface area contributed by atoms with Gasteiger partial charge in [-0.15, -0.1) is 0 Å². The van der Waals surface area contributed by atoms with Gasteiger partial charge in [-0.2, -0.15) is 0 Å². The molecule has 2 saturated heterocycles. The third-order valence-electron chi connectivity index (χ3n) is 3.84. The number of aliphatic carboxylic acids is 1. The van der Waals surface area contributed by atoms with Crippen molar-refractivity contribution in [3.8, 4) is 0 Å². The molecule has 3 atom stereocenters. The third-order valence-corrected chi connectivity index (χ3v) is 3.84. The van der Waals surface area contributed by atoms with Gasteiger partial charge in [0, 0.05) is 25.2 Å². The second kappa shape index (κ2) is 5.15. The van der Waals surface area contributed by atoms with E-state index >= 15 is 0 Å². The number of likely N-dealkylation sites (tertiary alicyclic amines) is 1. The van der Waals surface area contributed by atoms with Gasteiger partial charge in [0.1, 0.15) is 6.04 Å². The number of carboxylic acid groups (broad SMARTS) is 1. The summed E-state index contributed by atoms with van der Waals surface area (Å²) in [6.07, 6.45) is 5.29. The summed E-state index contributed by atoms with van der Waals surface area (Å²) < 4.78 is 0. The van der Waals surface area contributed by atoms with Crippen LogP contribution in [0.4, 0.5) is 0 Å². The number of rotatable bonds is 4. The molecule has 2 fully saturated rings. The van der Waals surface area contributed by atoms with Crippen LogP contribution >= 0.6 is 0 Å². The van der Waals surface area contributed by atoms with E-state index in [2.05, 4.69) is 17.1 Å². The molecule has 0 saturated carbocycles. The van der Waals surface area contributed by atoms with Crippen LogP contribution in [-0.2, 0) is 4.79 Å². The maximum Gasteiger partial charge on any atom is 0.320 e. The second-order valence-electron chi connectivity index (χ2n) is 5.06. The predicted molar refractivity (Wildman–Crippen MR) is 62.5 cm³/mol. The molecule has 2 aliphatic heterocycles. The number of fused-ring (bicyclic) bond motifs is 2. The van der Waals surface area contributed by atoms with Crippen LogP contribution in [0.15, 0.2) is 0 Å². The van der Waals surface area contributed by atoms with E-state index in [1.54, 1.807) is 0 Å². The number of hydrogen-bond acceptors (Lipinski definition) is 3. The van der Waals surface area contributed by atoms with E-state index in [4.69, 9.17) is 0 Å². The summed E-state index contributed by atoms with van der Waals surface area (Å²) in [5.41, 5.74) is 0. The van der Waals surface area contributed by atoms with Crippen LogP contribution in [0.25, 0.3) is 0 Å². The van der Waals surface area contributed by atoms with E-state index < -0.39 is 5.97 Å². The van der Waals surface area contributed by atoms with E-state index in [1.165, 1.54) is 12.8 Å². The first-order valence-corrected chi connectivity index (χ1v) is 6.43. The van der Waals surface area contributed by atoms with Gasteiger partial charge < -0.3 is 10.4 Å². The maximum atomic E-state index is 11.2. The quantitative estimate of drug-likeness (QED) is 0.753. The van der Waals surface area contributed by atoms with E-state index in [1.807, 2.05) is 0 Å². The fourth-order valence-corrected chi connectivity index (χ4v) is 2.99. The summed E-state index contributed by atoms with van der Waals surface area (Å²) >= 11 is 0. The summed E-state index contributed by atoms with van der Waals surface area (Å²) in [7, 11) is 0. The molecule has 2 rings (SSSR count). The highest BCUT2D eigenvalue weighted by Crippen LogP contribution is 2.22. The number of nitrogens with zero attached hydrogens (tertiary/aromatic N) is 1. The van der Waals surface area contributed by atoms with Crippen molar-refractivity contribution in [3.05, 3.63) is 0 Å². The van der Waals surface area contributed by atoms with Crippen molar-refractivity contribution in [3.63, 3.8) is 0 Å². The monoisotopic (exact) mass is 226 g/mol. The molecule has 4 nitrogen and oxygen atoms in total. The van der Waals surface area contributed by atoms with Crippen LogP contribution in [0.1, 0.15) is 39.0 Å². The first kappa shape index (κ1) is 11.9. The van der Waals surface area contributed by atoms with Crippen LogP contribution in [0.3, 0.4) is 0 Å². The van der Waals surface area contributed by atoms with Crippen molar-refractivity contribution >= 4 is 5.97 Å². The number of carboxylic acids is 1. The van der Waals surface area contributed by atoms with Gasteiger partial charge in [-0.05, 0) is 25.7 Å². The SMILES string of the molecule is CCCC(C(=O)O)N1CCC2CCC(C1)N2.